The number of hydrogen-bond acceptors (Lipinski definition) is 6. The zero-order valence-corrected chi connectivity index (χ0v) is 17.9. The van der Waals surface area contributed by atoms with Crippen LogP contribution in [-0.4, -0.2) is 27.6 Å². The molecule has 0 saturated carbocycles. The summed E-state index contributed by atoms with van der Waals surface area (Å²) < 4.78 is 12.5. The van der Waals surface area contributed by atoms with Crippen LogP contribution in [0.5, 0.6) is 11.5 Å². The molecule has 3 rings (SSSR count). The molecular weight excluding hydrogens is 422 g/mol. The van der Waals surface area contributed by atoms with Crippen molar-refractivity contribution in [1.29, 1.82) is 0 Å². The van der Waals surface area contributed by atoms with E-state index in [1.54, 1.807) is 37.5 Å². The maximum atomic E-state index is 12.4. The third-order valence-electron chi connectivity index (χ3n) is 4.49. The van der Waals surface area contributed by atoms with Crippen molar-refractivity contribution in [2.45, 2.75) is 13.5 Å². The summed E-state index contributed by atoms with van der Waals surface area (Å²) in [6.45, 7) is 2.13. The van der Waals surface area contributed by atoms with Gasteiger partial charge in [-0.1, -0.05) is 23.7 Å². The Bertz CT molecular complexity index is 1170. The van der Waals surface area contributed by atoms with Gasteiger partial charge in [-0.3, -0.25) is 19.6 Å². The molecule has 0 spiro atoms. The SMILES string of the molecule is COc1ccc(/C=C/C(=O)c2nn(C)cc2[N+](=O)[O-])cc1COc1ccc(Cl)c(C)c1. The van der Waals surface area contributed by atoms with E-state index in [2.05, 4.69) is 5.10 Å². The van der Waals surface area contributed by atoms with E-state index in [4.69, 9.17) is 21.1 Å². The Morgan fingerprint density at radius 1 is 1.29 bits per heavy atom. The van der Waals surface area contributed by atoms with Gasteiger partial charge in [0.1, 0.15) is 24.3 Å². The van der Waals surface area contributed by atoms with Crippen molar-refractivity contribution < 1.29 is 19.2 Å². The number of nitro groups is 1. The molecule has 1 aromatic heterocycles. The lowest BCUT2D eigenvalue weighted by atomic mass is 10.1. The van der Waals surface area contributed by atoms with E-state index < -0.39 is 10.7 Å². The first-order chi connectivity index (χ1) is 14.8. The molecule has 0 N–H and O–H groups in total. The minimum Gasteiger partial charge on any atom is -0.496 e. The van der Waals surface area contributed by atoms with E-state index in [1.165, 1.54) is 24.0 Å². The van der Waals surface area contributed by atoms with Gasteiger partial charge in [0.15, 0.2) is 0 Å². The number of aryl methyl sites for hydroxylation is 2. The van der Waals surface area contributed by atoms with E-state index in [0.29, 0.717) is 22.1 Å². The van der Waals surface area contributed by atoms with Crippen LogP contribution in [0.1, 0.15) is 27.2 Å². The number of nitrogens with zero attached hydrogens (tertiary/aromatic N) is 3. The summed E-state index contributed by atoms with van der Waals surface area (Å²) in [5, 5.41) is 15.7. The van der Waals surface area contributed by atoms with Gasteiger partial charge in [-0.15, -0.1) is 0 Å². The number of carbonyl (C=O) groups is 1. The molecule has 2 aromatic carbocycles. The number of aromatic nitrogens is 2. The highest BCUT2D eigenvalue weighted by atomic mass is 35.5. The smallest absolute Gasteiger partial charge is 0.318 e. The first kappa shape index (κ1) is 22.0. The van der Waals surface area contributed by atoms with Gasteiger partial charge in [0, 0.05) is 17.6 Å². The Morgan fingerprint density at radius 2 is 2.06 bits per heavy atom. The Balaban J connectivity index is 1.79. The van der Waals surface area contributed by atoms with Crippen LogP contribution in [0.2, 0.25) is 5.02 Å². The Labute approximate surface area is 183 Å². The van der Waals surface area contributed by atoms with Crippen molar-refractivity contribution >= 4 is 29.1 Å². The summed E-state index contributed by atoms with van der Waals surface area (Å²) in [6.07, 6.45) is 4.02. The van der Waals surface area contributed by atoms with Gasteiger partial charge in [-0.05, 0) is 54.5 Å². The van der Waals surface area contributed by atoms with Gasteiger partial charge < -0.3 is 9.47 Å². The normalized spacial score (nSPS) is 11.0. The number of benzene rings is 2. The second-order valence-corrected chi connectivity index (χ2v) is 7.17. The number of carbonyl (C=O) groups excluding carboxylic acids is 1. The molecule has 160 valence electrons. The fourth-order valence-corrected chi connectivity index (χ4v) is 3.04. The fourth-order valence-electron chi connectivity index (χ4n) is 2.92. The third kappa shape index (κ3) is 5.29. The minimum atomic E-state index is -0.630. The maximum Gasteiger partial charge on any atom is 0.318 e. The van der Waals surface area contributed by atoms with E-state index in [1.807, 2.05) is 19.1 Å². The van der Waals surface area contributed by atoms with Gasteiger partial charge >= 0.3 is 5.69 Å². The Hall–Kier alpha value is -3.65. The van der Waals surface area contributed by atoms with Crippen molar-refractivity contribution in [2.24, 2.45) is 7.05 Å². The summed E-state index contributed by atoms with van der Waals surface area (Å²) >= 11 is 6.05. The molecular formula is C22H20ClN3O5. The molecule has 0 aliphatic rings. The quantitative estimate of drug-likeness (QED) is 0.216. The predicted molar refractivity (Wildman–Crippen MR) is 117 cm³/mol. The average Bonchev–Trinajstić information content (AvgIpc) is 3.15. The topological polar surface area (TPSA) is 96.5 Å². The molecule has 1 heterocycles. The number of halogens is 1. The molecule has 3 aromatic rings. The van der Waals surface area contributed by atoms with Crippen LogP contribution in [0.25, 0.3) is 6.08 Å². The van der Waals surface area contributed by atoms with Gasteiger partial charge in [-0.25, -0.2) is 0 Å². The van der Waals surface area contributed by atoms with E-state index in [0.717, 1.165) is 11.1 Å². The lowest BCUT2D eigenvalue weighted by Crippen LogP contribution is -2.01. The first-order valence-corrected chi connectivity index (χ1v) is 9.62. The monoisotopic (exact) mass is 441 g/mol. The van der Waals surface area contributed by atoms with E-state index in [9.17, 15) is 14.9 Å². The van der Waals surface area contributed by atoms with Crippen molar-refractivity contribution in [3.63, 3.8) is 0 Å². The Morgan fingerprint density at radius 3 is 2.74 bits per heavy atom. The highest BCUT2D eigenvalue weighted by molar-refractivity contribution is 6.31. The lowest BCUT2D eigenvalue weighted by molar-refractivity contribution is -0.385. The summed E-state index contributed by atoms with van der Waals surface area (Å²) in [7, 11) is 3.08. The number of ketones is 1. The van der Waals surface area contributed by atoms with Crippen LogP contribution >= 0.6 is 11.6 Å². The highest BCUT2D eigenvalue weighted by Crippen LogP contribution is 2.25. The molecule has 9 heteroatoms. The molecule has 31 heavy (non-hydrogen) atoms. The van der Waals surface area contributed by atoms with E-state index in [-0.39, 0.29) is 18.0 Å². The lowest BCUT2D eigenvalue weighted by Gasteiger charge is -2.12. The number of rotatable bonds is 8. The highest BCUT2D eigenvalue weighted by Gasteiger charge is 2.23. The second-order valence-electron chi connectivity index (χ2n) is 6.76. The molecule has 0 radical (unpaired) electrons. The van der Waals surface area contributed by atoms with Gasteiger partial charge in [0.2, 0.25) is 11.5 Å². The molecule has 0 saturated heterocycles. The molecule has 8 nitrogen and oxygen atoms in total. The van der Waals surface area contributed by atoms with Crippen LogP contribution < -0.4 is 9.47 Å². The Kier molecular flexibility index (Phi) is 6.71. The molecule has 0 bridgehead atoms. The van der Waals surface area contributed by atoms with Gasteiger partial charge in [0.05, 0.1) is 12.0 Å². The molecule has 0 fully saturated rings. The predicted octanol–water partition coefficient (Wildman–Crippen LogP) is 4.77. The largest absolute Gasteiger partial charge is 0.496 e. The number of ether oxygens (including phenoxy) is 2. The maximum absolute atomic E-state index is 12.4. The average molecular weight is 442 g/mol. The number of allylic oxidation sites excluding steroid dienone is 1. The summed E-state index contributed by atoms with van der Waals surface area (Å²) in [6, 6.07) is 10.7. The molecule has 0 atom stereocenters. The van der Waals surface area contributed by atoms with Crippen molar-refractivity contribution in [1.82, 2.24) is 9.78 Å². The molecule has 0 aliphatic carbocycles. The van der Waals surface area contributed by atoms with Crippen LogP contribution in [0.4, 0.5) is 5.69 Å². The number of hydrogen-bond donors (Lipinski definition) is 0. The summed E-state index contributed by atoms with van der Waals surface area (Å²) in [5.41, 5.74) is 1.84. The van der Waals surface area contributed by atoms with E-state index >= 15 is 0 Å². The standard InChI is InChI=1S/C22H20ClN3O5/c1-14-10-17(6-7-18(14)23)31-13-16-11-15(5-9-21(16)30-3)4-8-20(27)22-19(26(28)29)12-25(2)24-22/h4-12H,13H2,1-3H3/b8-4+. The zero-order chi connectivity index (χ0) is 22.5. The molecule has 0 aliphatic heterocycles. The number of methoxy groups -OCH3 is 1. The minimum absolute atomic E-state index is 0.209. The molecule has 0 unspecified atom stereocenters. The second kappa shape index (κ2) is 9.44. The molecule has 0 amide bonds. The van der Waals surface area contributed by atoms with Gasteiger partial charge in [0.25, 0.3) is 0 Å². The van der Waals surface area contributed by atoms with Gasteiger partial charge in [-0.2, -0.15) is 5.10 Å². The van der Waals surface area contributed by atoms with Crippen LogP contribution in [-0.2, 0) is 13.7 Å². The summed E-state index contributed by atoms with van der Waals surface area (Å²) in [5.74, 6) is 0.745. The summed E-state index contributed by atoms with van der Waals surface area (Å²) in [4.78, 5) is 22.9. The van der Waals surface area contributed by atoms with Crippen LogP contribution in [0, 0.1) is 17.0 Å². The van der Waals surface area contributed by atoms with Crippen LogP contribution in [0.3, 0.4) is 0 Å². The zero-order valence-electron chi connectivity index (χ0n) is 17.2. The fraction of sp³-hybridized carbons (Fsp3) is 0.182. The van der Waals surface area contributed by atoms with Crippen molar-refractivity contribution in [3.8, 4) is 11.5 Å². The van der Waals surface area contributed by atoms with Crippen LogP contribution in [0.15, 0.2) is 48.7 Å². The van der Waals surface area contributed by atoms with Crippen molar-refractivity contribution in [3.05, 3.63) is 86.2 Å². The first-order valence-electron chi connectivity index (χ1n) is 9.25. The third-order valence-corrected chi connectivity index (χ3v) is 4.92. The van der Waals surface area contributed by atoms with Crippen molar-refractivity contribution in [2.75, 3.05) is 7.11 Å².